The highest BCUT2D eigenvalue weighted by molar-refractivity contribution is 5.99. The van der Waals surface area contributed by atoms with Crippen LogP contribution in [0.5, 0.6) is 5.75 Å². The van der Waals surface area contributed by atoms with Crippen LogP contribution in [0.2, 0.25) is 0 Å². The minimum Gasteiger partial charge on any atom is -0.482 e. The molecule has 2 atom stereocenters. The van der Waals surface area contributed by atoms with Gasteiger partial charge in [0.2, 0.25) is 5.43 Å². The minimum absolute atomic E-state index is 0.0495. The van der Waals surface area contributed by atoms with Crippen molar-refractivity contribution in [3.63, 3.8) is 0 Å². The number of pyridine rings is 1. The van der Waals surface area contributed by atoms with Gasteiger partial charge in [0.1, 0.15) is 42.1 Å². The summed E-state index contributed by atoms with van der Waals surface area (Å²) in [5, 5.41) is 3.85. The quantitative estimate of drug-likeness (QED) is 0.468. The van der Waals surface area contributed by atoms with E-state index in [9.17, 15) is 31.9 Å². The first-order valence-electron chi connectivity index (χ1n) is 12.4. The van der Waals surface area contributed by atoms with Crippen LogP contribution in [0.1, 0.15) is 45.8 Å². The molecule has 1 aromatic heterocycles. The van der Waals surface area contributed by atoms with E-state index in [1.54, 1.807) is 42.3 Å². The van der Waals surface area contributed by atoms with Gasteiger partial charge in [-0.05, 0) is 25.5 Å². The van der Waals surface area contributed by atoms with Crippen molar-refractivity contribution in [3.8, 4) is 5.75 Å². The Balaban J connectivity index is 1.58. The number of fused-ring (bicyclic) bond motifs is 4. The lowest BCUT2D eigenvalue weighted by Gasteiger charge is -2.42. The van der Waals surface area contributed by atoms with Crippen LogP contribution in [0.25, 0.3) is 0 Å². The molecule has 40 heavy (non-hydrogen) atoms. The number of nitrogens with zero attached hydrogens (tertiary/aromatic N) is 3. The first kappa shape index (κ1) is 27.0. The molecule has 208 valence electrons. The molecule has 0 saturated carbocycles. The van der Waals surface area contributed by atoms with E-state index in [2.05, 4.69) is 5.32 Å². The van der Waals surface area contributed by atoms with E-state index in [4.69, 9.17) is 4.74 Å². The van der Waals surface area contributed by atoms with Crippen LogP contribution in [-0.2, 0) is 13.2 Å². The highest BCUT2D eigenvalue weighted by atomic mass is 19.1. The molecule has 1 unspecified atom stereocenters. The Morgan fingerprint density at radius 3 is 2.40 bits per heavy atom. The number of amides is 2. The number of nitrogens with one attached hydrogen (secondary N) is 1. The molecule has 2 bridgehead atoms. The molecule has 0 radical (unpaired) electrons. The van der Waals surface area contributed by atoms with Gasteiger partial charge in [-0.3, -0.25) is 24.1 Å². The van der Waals surface area contributed by atoms with Crippen molar-refractivity contribution >= 4 is 11.8 Å². The molecule has 8 nitrogen and oxygen atoms in total. The lowest BCUT2D eigenvalue weighted by Crippen LogP contribution is -2.58. The van der Waals surface area contributed by atoms with E-state index in [1.807, 2.05) is 0 Å². The largest absolute Gasteiger partial charge is 0.482 e. The topological polar surface area (TPSA) is 83.9 Å². The van der Waals surface area contributed by atoms with Crippen molar-refractivity contribution < 1.29 is 31.9 Å². The van der Waals surface area contributed by atoms with Crippen molar-refractivity contribution in [3.05, 3.63) is 111 Å². The van der Waals surface area contributed by atoms with Crippen LogP contribution in [0.3, 0.4) is 0 Å². The Bertz CT molecular complexity index is 1570. The third-order valence-corrected chi connectivity index (χ3v) is 6.92. The van der Waals surface area contributed by atoms with Gasteiger partial charge in [-0.1, -0.05) is 30.3 Å². The molecular weight excluding hydrogens is 532 g/mol. The fourth-order valence-electron chi connectivity index (χ4n) is 4.66. The standard InChI is InChI=1S/C28H24F4N4O4/c1-15-8-21(30)16(2)34-14-36(15)35-12-20(27(38)33-11-19-22(31)9-18(29)10-23(19)32)25(37)26(24(35)28(34)39)40-13-17-6-4-3-5-7-17/h3-10,12,15-16H,11,13-14H2,1-2H3,(H,33,38)/t15-,16?/m0/s1. The number of carbonyl (C=O) groups is 2. The van der Waals surface area contributed by atoms with Gasteiger partial charge in [0, 0.05) is 30.4 Å². The Labute approximate surface area is 226 Å². The number of benzene rings is 2. The summed E-state index contributed by atoms with van der Waals surface area (Å²) < 4.78 is 63.5. The second kappa shape index (κ2) is 10.5. The van der Waals surface area contributed by atoms with Crippen LogP contribution in [0.4, 0.5) is 17.6 Å². The summed E-state index contributed by atoms with van der Waals surface area (Å²) >= 11 is 0. The molecular formula is C28H24F4N4O4. The van der Waals surface area contributed by atoms with Gasteiger partial charge in [0.25, 0.3) is 11.8 Å². The van der Waals surface area contributed by atoms with E-state index in [1.165, 1.54) is 22.6 Å². The average molecular weight is 557 g/mol. The number of hydrogen-bond donors (Lipinski definition) is 1. The SMILES string of the molecule is CC1C(F)=C[C@H](C)N2CN1C(=O)c1c(OCc3ccccc3)c(=O)c(C(=O)NCc3c(F)cc(F)cc3F)cn12. The van der Waals surface area contributed by atoms with E-state index in [0.29, 0.717) is 17.7 Å². The fraction of sp³-hybridized carbons (Fsp3) is 0.250. The van der Waals surface area contributed by atoms with Crippen molar-refractivity contribution in [2.24, 2.45) is 0 Å². The number of carbonyl (C=O) groups excluding carboxylic acids is 2. The second-order valence-corrected chi connectivity index (χ2v) is 9.52. The lowest BCUT2D eigenvalue weighted by molar-refractivity contribution is 0.0627. The molecule has 0 spiro atoms. The number of ether oxygens (including phenoxy) is 1. The molecule has 2 aliphatic rings. The summed E-state index contributed by atoms with van der Waals surface area (Å²) in [6, 6.07) is 8.23. The number of hydrogen-bond acceptors (Lipinski definition) is 5. The minimum atomic E-state index is -1.21. The van der Waals surface area contributed by atoms with Crippen molar-refractivity contribution in [2.75, 3.05) is 11.7 Å². The Morgan fingerprint density at radius 1 is 1.05 bits per heavy atom. The second-order valence-electron chi connectivity index (χ2n) is 9.52. The van der Waals surface area contributed by atoms with Crippen molar-refractivity contribution in [1.82, 2.24) is 14.9 Å². The van der Waals surface area contributed by atoms with Crippen LogP contribution >= 0.6 is 0 Å². The van der Waals surface area contributed by atoms with Gasteiger partial charge < -0.3 is 15.0 Å². The summed E-state index contributed by atoms with van der Waals surface area (Å²) in [6.45, 7) is 2.35. The molecule has 12 heteroatoms. The zero-order valence-corrected chi connectivity index (χ0v) is 21.5. The predicted octanol–water partition coefficient (Wildman–Crippen LogP) is 3.77. The van der Waals surface area contributed by atoms with E-state index in [0.717, 1.165) is 6.20 Å². The van der Waals surface area contributed by atoms with Crippen molar-refractivity contribution in [2.45, 2.75) is 39.1 Å². The molecule has 3 heterocycles. The summed E-state index contributed by atoms with van der Waals surface area (Å²) in [6.07, 6.45) is 2.45. The number of aromatic nitrogens is 1. The third-order valence-electron chi connectivity index (χ3n) is 6.92. The van der Waals surface area contributed by atoms with Gasteiger partial charge in [-0.15, -0.1) is 0 Å². The first-order valence-corrected chi connectivity index (χ1v) is 12.4. The number of rotatable bonds is 6. The monoisotopic (exact) mass is 556 g/mol. The van der Waals surface area contributed by atoms with E-state index < -0.39 is 76.0 Å². The van der Waals surface area contributed by atoms with Gasteiger partial charge in [-0.2, -0.15) is 0 Å². The van der Waals surface area contributed by atoms with E-state index >= 15 is 0 Å². The Kier molecular flexibility index (Phi) is 7.09. The number of halogens is 4. The van der Waals surface area contributed by atoms with Crippen molar-refractivity contribution in [1.29, 1.82) is 0 Å². The zero-order chi connectivity index (χ0) is 28.7. The van der Waals surface area contributed by atoms with Crippen LogP contribution in [-0.4, -0.2) is 40.1 Å². The van der Waals surface area contributed by atoms with Gasteiger partial charge in [0.05, 0.1) is 12.1 Å². The van der Waals surface area contributed by atoms with Gasteiger partial charge >= 0.3 is 0 Å². The normalized spacial score (nSPS) is 18.1. The average Bonchev–Trinajstić information content (AvgIpc) is 3.01. The molecule has 2 aliphatic heterocycles. The fourth-order valence-corrected chi connectivity index (χ4v) is 4.66. The highest BCUT2D eigenvalue weighted by Gasteiger charge is 2.41. The maximum Gasteiger partial charge on any atom is 0.278 e. The Morgan fingerprint density at radius 2 is 1.73 bits per heavy atom. The molecule has 1 N–H and O–H groups in total. The van der Waals surface area contributed by atoms with Gasteiger partial charge in [0.15, 0.2) is 11.4 Å². The van der Waals surface area contributed by atoms with E-state index in [-0.39, 0.29) is 19.0 Å². The first-order chi connectivity index (χ1) is 19.1. The summed E-state index contributed by atoms with van der Waals surface area (Å²) in [7, 11) is 0. The molecule has 2 aromatic carbocycles. The van der Waals surface area contributed by atoms with Crippen LogP contribution in [0.15, 0.2) is 65.4 Å². The maximum absolute atomic E-state index is 14.8. The third kappa shape index (κ3) is 4.80. The van der Waals surface area contributed by atoms with Crippen LogP contribution in [0, 0.1) is 17.5 Å². The smallest absolute Gasteiger partial charge is 0.278 e. The molecule has 5 rings (SSSR count). The highest BCUT2D eigenvalue weighted by Crippen LogP contribution is 2.30. The van der Waals surface area contributed by atoms with Gasteiger partial charge in [-0.25, -0.2) is 17.6 Å². The molecule has 2 amide bonds. The predicted molar refractivity (Wildman–Crippen MR) is 136 cm³/mol. The lowest BCUT2D eigenvalue weighted by atomic mass is 10.1. The van der Waals surface area contributed by atoms with Crippen LogP contribution < -0.4 is 20.5 Å². The molecule has 0 fully saturated rings. The Hall–Kier alpha value is -4.61. The summed E-state index contributed by atoms with van der Waals surface area (Å²) in [4.78, 5) is 41.6. The maximum atomic E-state index is 14.8. The molecule has 0 saturated heterocycles. The zero-order valence-electron chi connectivity index (χ0n) is 21.5. The summed E-state index contributed by atoms with van der Waals surface area (Å²) in [5.41, 5.74) is -1.54. The molecule has 0 aliphatic carbocycles. The summed E-state index contributed by atoms with van der Waals surface area (Å²) in [5.74, 6) is -6.20. The molecule has 3 aromatic rings.